The number of methoxy groups -OCH3 is 1. The molecule has 7 heteroatoms. The van der Waals surface area contributed by atoms with Crippen LogP contribution in [0.25, 0.3) is 0 Å². The molecule has 0 heterocycles. The summed E-state index contributed by atoms with van der Waals surface area (Å²) in [5.74, 6) is -0.609. The van der Waals surface area contributed by atoms with Gasteiger partial charge in [-0.1, -0.05) is 15.9 Å². The Morgan fingerprint density at radius 2 is 1.94 bits per heavy atom. The minimum Gasteiger partial charge on any atom is -0.469 e. The lowest BCUT2D eigenvalue weighted by atomic mass is 10.1. The van der Waals surface area contributed by atoms with E-state index in [1.165, 1.54) is 7.11 Å². The molecule has 3 nitrogen and oxygen atoms in total. The van der Waals surface area contributed by atoms with Crippen molar-refractivity contribution in [1.82, 2.24) is 0 Å². The molecule has 94 valence electrons. The SMILES string of the molecule is COC(=O)Cc1c(Br)ccc(Br)c1OC(F)F. The first-order chi connectivity index (χ1) is 7.95. The number of rotatable bonds is 4. The van der Waals surface area contributed by atoms with Gasteiger partial charge in [0.05, 0.1) is 18.0 Å². The van der Waals surface area contributed by atoms with Crippen LogP contribution in [0.15, 0.2) is 21.1 Å². The predicted molar refractivity (Wildman–Crippen MR) is 64.2 cm³/mol. The van der Waals surface area contributed by atoms with Crippen molar-refractivity contribution in [3.05, 3.63) is 26.6 Å². The topological polar surface area (TPSA) is 35.5 Å². The average Bonchev–Trinajstić information content (AvgIpc) is 2.27. The largest absolute Gasteiger partial charge is 0.469 e. The van der Waals surface area contributed by atoms with E-state index in [9.17, 15) is 13.6 Å². The van der Waals surface area contributed by atoms with Crippen molar-refractivity contribution in [1.29, 1.82) is 0 Å². The molecule has 0 spiro atoms. The van der Waals surface area contributed by atoms with Gasteiger partial charge in [0.15, 0.2) is 0 Å². The number of alkyl halides is 2. The van der Waals surface area contributed by atoms with Gasteiger partial charge in [-0.05, 0) is 28.1 Å². The summed E-state index contributed by atoms with van der Waals surface area (Å²) < 4.78 is 34.2. The van der Waals surface area contributed by atoms with Crippen LogP contribution in [0.1, 0.15) is 5.56 Å². The Balaban J connectivity index is 3.14. The van der Waals surface area contributed by atoms with E-state index in [-0.39, 0.29) is 12.2 Å². The standard InChI is InChI=1S/C10H8Br2F2O3/c1-16-8(15)4-5-6(11)2-3-7(12)9(5)17-10(13)14/h2-3,10H,4H2,1H3. The van der Waals surface area contributed by atoms with E-state index in [1.807, 2.05) is 0 Å². The Bertz CT molecular complexity index is 424. The second-order valence-corrected chi connectivity index (χ2v) is 4.68. The smallest absolute Gasteiger partial charge is 0.387 e. The number of hydrogen-bond donors (Lipinski definition) is 0. The van der Waals surface area contributed by atoms with Gasteiger partial charge < -0.3 is 9.47 Å². The van der Waals surface area contributed by atoms with Crippen LogP contribution in [-0.2, 0) is 16.0 Å². The Hall–Kier alpha value is -0.690. The highest BCUT2D eigenvalue weighted by atomic mass is 79.9. The molecule has 0 saturated carbocycles. The van der Waals surface area contributed by atoms with E-state index in [0.29, 0.717) is 14.5 Å². The molecular formula is C10H8Br2F2O3. The van der Waals surface area contributed by atoms with Crippen molar-refractivity contribution in [3.8, 4) is 5.75 Å². The summed E-state index contributed by atoms with van der Waals surface area (Å²) in [6.07, 6.45) is -0.154. The minimum absolute atomic E-state index is 0.0697. The minimum atomic E-state index is -2.96. The van der Waals surface area contributed by atoms with Gasteiger partial charge in [0.2, 0.25) is 0 Å². The van der Waals surface area contributed by atoms with Crippen molar-refractivity contribution in [3.63, 3.8) is 0 Å². The highest BCUT2D eigenvalue weighted by Crippen LogP contribution is 2.36. The molecule has 0 atom stereocenters. The first-order valence-corrected chi connectivity index (χ1v) is 6.02. The molecule has 0 bridgehead atoms. The third-order valence-electron chi connectivity index (χ3n) is 1.91. The molecule has 0 aliphatic rings. The van der Waals surface area contributed by atoms with E-state index >= 15 is 0 Å². The maximum absolute atomic E-state index is 12.3. The number of ether oxygens (including phenoxy) is 2. The molecule has 0 fully saturated rings. The van der Waals surface area contributed by atoms with Crippen LogP contribution in [0.5, 0.6) is 5.75 Å². The monoisotopic (exact) mass is 372 g/mol. The lowest BCUT2D eigenvalue weighted by molar-refractivity contribution is -0.139. The lowest BCUT2D eigenvalue weighted by Gasteiger charge is -2.13. The van der Waals surface area contributed by atoms with E-state index in [2.05, 4.69) is 41.3 Å². The number of carbonyl (C=O) groups excluding carboxylic acids is 1. The highest BCUT2D eigenvalue weighted by Gasteiger charge is 2.18. The first-order valence-electron chi connectivity index (χ1n) is 4.44. The zero-order chi connectivity index (χ0) is 13.0. The van der Waals surface area contributed by atoms with Gasteiger partial charge in [-0.3, -0.25) is 4.79 Å². The summed E-state index contributed by atoms with van der Waals surface area (Å²) in [6, 6.07) is 3.17. The molecule has 17 heavy (non-hydrogen) atoms. The van der Waals surface area contributed by atoms with Crippen LogP contribution in [0, 0.1) is 0 Å². The Morgan fingerprint density at radius 3 is 2.47 bits per heavy atom. The number of esters is 1. The third kappa shape index (κ3) is 3.92. The van der Waals surface area contributed by atoms with Crippen LogP contribution in [0.4, 0.5) is 8.78 Å². The van der Waals surface area contributed by atoms with Gasteiger partial charge >= 0.3 is 12.6 Å². The number of halogens is 4. The van der Waals surface area contributed by atoms with E-state index in [0.717, 1.165) is 0 Å². The van der Waals surface area contributed by atoms with Crippen molar-refractivity contribution >= 4 is 37.8 Å². The Kier molecular flexibility index (Phi) is 5.32. The Morgan fingerprint density at radius 1 is 1.35 bits per heavy atom. The van der Waals surface area contributed by atoms with Gasteiger partial charge in [0, 0.05) is 10.0 Å². The molecular weight excluding hydrogens is 366 g/mol. The average molecular weight is 374 g/mol. The molecule has 0 unspecified atom stereocenters. The van der Waals surface area contributed by atoms with Crippen LogP contribution >= 0.6 is 31.9 Å². The molecule has 1 aromatic rings. The summed E-state index contributed by atoms with van der Waals surface area (Å²) in [7, 11) is 1.22. The van der Waals surface area contributed by atoms with Crippen LogP contribution in [0.3, 0.4) is 0 Å². The fourth-order valence-electron chi connectivity index (χ4n) is 1.17. The molecule has 1 aromatic carbocycles. The summed E-state index contributed by atoms with van der Waals surface area (Å²) in [5.41, 5.74) is 0.312. The fourth-order valence-corrected chi connectivity index (χ4v) is 2.09. The van der Waals surface area contributed by atoms with Crippen molar-refractivity contribution in [2.45, 2.75) is 13.0 Å². The van der Waals surface area contributed by atoms with E-state index in [4.69, 9.17) is 0 Å². The molecule has 0 amide bonds. The predicted octanol–water partition coefficient (Wildman–Crippen LogP) is 3.53. The lowest BCUT2D eigenvalue weighted by Crippen LogP contribution is -2.10. The summed E-state index contributed by atoms with van der Waals surface area (Å²) >= 11 is 6.27. The first kappa shape index (κ1) is 14.4. The number of benzene rings is 1. The second-order valence-electron chi connectivity index (χ2n) is 2.97. The van der Waals surface area contributed by atoms with Gasteiger partial charge in [0.25, 0.3) is 0 Å². The second kappa shape index (κ2) is 6.30. The molecule has 0 radical (unpaired) electrons. The van der Waals surface area contributed by atoms with Crippen LogP contribution in [0.2, 0.25) is 0 Å². The maximum atomic E-state index is 12.3. The molecule has 0 aromatic heterocycles. The molecule has 0 N–H and O–H groups in total. The van der Waals surface area contributed by atoms with Gasteiger partial charge in [-0.2, -0.15) is 8.78 Å². The zero-order valence-electron chi connectivity index (χ0n) is 8.68. The number of carbonyl (C=O) groups is 1. The van der Waals surface area contributed by atoms with Crippen molar-refractivity contribution < 1.29 is 23.0 Å². The summed E-state index contributed by atoms with van der Waals surface area (Å²) in [6.45, 7) is -2.96. The van der Waals surface area contributed by atoms with Crippen molar-refractivity contribution in [2.24, 2.45) is 0 Å². The van der Waals surface area contributed by atoms with Crippen molar-refractivity contribution in [2.75, 3.05) is 7.11 Å². The van der Waals surface area contributed by atoms with Crippen LogP contribution in [-0.4, -0.2) is 19.7 Å². The Labute approximate surface area is 113 Å². The third-order valence-corrected chi connectivity index (χ3v) is 3.28. The van der Waals surface area contributed by atoms with E-state index < -0.39 is 12.6 Å². The van der Waals surface area contributed by atoms with Gasteiger partial charge in [-0.25, -0.2) is 0 Å². The molecule has 0 aliphatic carbocycles. The summed E-state index contributed by atoms with van der Waals surface area (Å²) in [4.78, 5) is 11.2. The van der Waals surface area contributed by atoms with Gasteiger partial charge in [-0.15, -0.1) is 0 Å². The maximum Gasteiger partial charge on any atom is 0.387 e. The summed E-state index contributed by atoms with van der Waals surface area (Å²) in [5, 5.41) is 0. The van der Waals surface area contributed by atoms with E-state index in [1.54, 1.807) is 12.1 Å². The quantitative estimate of drug-likeness (QED) is 0.757. The van der Waals surface area contributed by atoms with Crippen LogP contribution < -0.4 is 4.74 Å². The zero-order valence-corrected chi connectivity index (χ0v) is 11.8. The highest BCUT2D eigenvalue weighted by molar-refractivity contribution is 9.11. The number of hydrogen-bond acceptors (Lipinski definition) is 3. The molecule has 0 saturated heterocycles. The normalized spacial score (nSPS) is 10.5. The molecule has 0 aliphatic heterocycles. The van der Waals surface area contributed by atoms with Gasteiger partial charge in [0.1, 0.15) is 5.75 Å². The fraction of sp³-hybridized carbons (Fsp3) is 0.300. The molecule has 1 rings (SSSR count).